The van der Waals surface area contributed by atoms with Crippen molar-refractivity contribution in [1.82, 2.24) is 9.97 Å². The zero-order valence-electron chi connectivity index (χ0n) is 15.5. The van der Waals surface area contributed by atoms with Crippen molar-refractivity contribution < 1.29 is 0 Å². The van der Waals surface area contributed by atoms with Crippen LogP contribution in [0.4, 0.5) is 23.0 Å². The number of hydrogen-bond donors (Lipinski definition) is 2. The first-order chi connectivity index (χ1) is 12.1. The first kappa shape index (κ1) is 17.5. The number of aromatic nitrogens is 2. The fourth-order valence-electron chi connectivity index (χ4n) is 3.03. The third-order valence-corrected chi connectivity index (χ3v) is 4.96. The molecular formula is C20H29N5. The Morgan fingerprint density at radius 3 is 2.48 bits per heavy atom. The van der Waals surface area contributed by atoms with Crippen molar-refractivity contribution in [3.8, 4) is 0 Å². The molecule has 1 aliphatic heterocycles. The molecule has 0 bridgehead atoms. The third-order valence-electron chi connectivity index (χ3n) is 4.96. The molecule has 0 aliphatic carbocycles. The van der Waals surface area contributed by atoms with Crippen molar-refractivity contribution in [2.24, 2.45) is 5.92 Å². The van der Waals surface area contributed by atoms with Gasteiger partial charge in [-0.05, 0) is 56.4 Å². The topological polar surface area (TPSA) is 53.1 Å². The summed E-state index contributed by atoms with van der Waals surface area (Å²) in [5, 5.41) is 6.74. The second-order valence-electron chi connectivity index (χ2n) is 7.08. The van der Waals surface area contributed by atoms with Gasteiger partial charge in [0.25, 0.3) is 0 Å². The molecule has 2 N–H and O–H groups in total. The average Bonchev–Trinajstić information content (AvgIpc) is 2.63. The van der Waals surface area contributed by atoms with Gasteiger partial charge >= 0.3 is 0 Å². The van der Waals surface area contributed by atoms with Crippen LogP contribution in [0.3, 0.4) is 0 Å². The molecule has 1 saturated heterocycles. The Balaban J connectivity index is 1.62. The highest BCUT2D eigenvalue weighted by molar-refractivity contribution is 5.62. The minimum absolute atomic E-state index is 0.397. The molecule has 2 heterocycles. The van der Waals surface area contributed by atoms with E-state index in [0.717, 1.165) is 42.8 Å². The monoisotopic (exact) mass is 339 g/mol. The fraction of sp³-hybridized carbons (Fsp3) is 0.500. The molecule has 0 amide bonds. The Labute approximate surface area is 150 Å². The molecule has 0 radical (unpaired) electrons. The second kappa shape index (κ2) is 8.19. The van der Waals surface area contributed by atoms with E-state index in [1.807, 2.05) is 6.07 Å². The zero-order chi connectivity index (χ0) is 17.6. The van der Waals surface area contributed by atoms with Crippen LogP contribution in [-0.2, 0) is 0 Å². The van der Waals surface area contributed by atoms with Crippen molar-refractivity contribution >= 4 is 23.0 Å². The highest BCUT2D eigenvalue weighted by atomic mass is 15.1. The first-order valence-corrected chi connectivity index (χ1v) is 9.34. The third kappa shape index (κ3) is 4.84. The second-order valence-corrected chi connectivity index (χ2v) is 7.08. The highest BCUT2D eigenvalue weighted by Crippen LogP contribution is 2.25. The number of benzene rings is 1. The Morgan fingerprint density at radius 2 is 1.80 bits per heavy atom. The van der Waals surface area contributed by atoms with Gasteiger partial charge in [0.15, 0.2) is 0 Å². The van der Waals surface area contributed by atoms with Gasteiger partial charge in [-0.25, -0.2) is 9.97 Å². The molecule has 1 unspecified atom stereocenters. The van der Waals surface area contributed by atoms with E-state index >= 15 is 0 Å². The maximum absolute atomic E-state index is 4.32. The van der Waals surface area contributed by atoms with Gasteiger partial charge in [-0.2, -0.15) is 0 Å². The predicted octanol–water partition coefficient (Wildman–Crippen LogP) is 4.67. The molecule has 1 aromatic heterocycles. The van der Waals surface area contributed by atoms with Crippen LogP contribution >= 0.6 is 0 Å². The minimum Gasteiger partial charge on any atom is -0.372 e. The summed E-state index contributed by atoms with van der Waals surface area (Å²) < 4.78 is 0. The maximum atomic E-state index is 4.32. The number of piperidine rings is 1. The number of nitrogens with zero attached hydrogens (tertiary/aromatic N) is 3. The smallest absolute Gasteiger partial charge is 0.135 e. The summed E-state index contributed by atoms with van der Waals surface area (Å²) in [7, 11) is 0. The molecule has 0 saturated carbocycles. The standard InChI is InChI=1S/C20H29N5/c1-4-16(3)23-19-13-20(22-14-21-19)24-17-5-7-18(8-6-17)25-11-9-15(2)10-12-25/h5-8,13-16H,4,9-12H2,1-3H3,(H2,21,22,23,24). The van der Waals surface area contributed by atoms with Gasteiger partial charge in [0.05, 0.1) is 0 Å². The van der Waals surface area contributed by atoms with Crippen LogP contribution in [0.15, 0.2) is 36.7 Å². The number of rotatable bonds is 6. The molecule has 0 spiro atoms. The number of hydrogen-bond acceptors (Lipinski definition) is 5. The Morgan fingerprint density at radius 1 is 1.12 bits per heavy atom. The largest absolute Gasteiger partial charge is 0.372 e. The van der Waals surface area contributed by atoms with Crippen LogP contribution in [0.1, 0.15) is 40.0 Å². The molecule has 3 rings (SSSR count). The van der Waals surface area contributed by atoms with E-state index in [0.29, 0.717) is 6.04 Å². The lowest BCUT2D eigenvalue weighted by Gasteiger charge is -2.32. The number of anilines is 4. The van der Waals surface area contributed by atoms with Crippen LogP contribution < -0.4 is 15.5 Å². The van der Waals surface area contributed by atoms with E-state index < -0.39 is 0 Å². The van der Waals surface area contributed by atoms with Gasteiger partial charge in [0.2, 0.25) is 0 Å². The quantitative estimate of drug-likeness (QED) is 0.801. The van der Waals surface area contributed by atoms with Gasteiger partial charge in [-0.3, -0.25) is 0 Å². The Kier molecular flexibility index (Phi) is 5.74. The van der Waals surface area contributed by atoms with Crippen molar-refractivity contribution in [1.29, 1.82) is 0 Å². The van der Waals surface area contributed by atoms with E-state index in [-0.39, 0.29) is 0 Å². The molecule has 5 heteroatoms. The Hall–Kier alpha value is -2.30. The van der Waals surface area contributed by atoms with Crippen molar-refractivity contribution in [3.05, 3.63) is 36.7 Å². The molecule has 25 heavy (non-hydrogen) atoms. The fourth-order valence-corrected chi connectivity index (χ4v) is 3.03. The Bertz CT molecular complexity index is 662. The average molecular weight is 339 g/mol. The summed E-state index contributed by atoms with van der Waals surface area (Å²) in [6.45, 7) is 8.96. The predicted molar refractivity (Wildman–Crippen MR) is 106 cm³/mol. The normalized spacial score (nSPS) is 16.5. The molecule has 1 fully saturated rings. The van der Waals surface area contributed by atoms with Crippen LogP contribution in [0.5, 0.6) is 0 Å². The summed E-state index contributed by atoms with van der Waals surface area (Å²) in [5.41, 5.74) is 2.35. The maximum Gasteiger partial charge on any atom is 0.135 e. The molecule has 1 aliphatic rings. The van der Waals surface area contributed by atoms with Crippen molar-refractivity contribution in [3.63, 3.8) is 0 Å². The van der Waals surface area contributed by atoms with Crippen LogP contribution in [-0.4, -0.2) is 29.1 Å². The molecule has 1 aromatic carbocycles. The van der Waals surface area contributed by atoms with E-state index in [1.54, 1.807) is 6.33 Å². The van der Waals surface area contributed by atoms with Gasteiger partial charge in [0.1, 0.15) is 18.0 Å². The molecule has 2 aromatic rings. The van der Waals surface area contributed by atoms with E-state index in [4.69, 9.17) is 0 Å². The lowest BCUT2D eigenvalue weighted by Crippen LogP contribution is -2.32. The van der Waals surface area contributed by atoms with E-state index in [1.165, 1.54) is 18.5 Å². The first-order valence-electron chi connectivity index (χ1n) is 9.34. The number of nitrogens with one attached hydrogen (secondary N) is 2. The molecule has 1 atom stereocenters. The van der Waals surface area contributed by atoms with Crippen molar-refractivity contribution in [2.45, 2.75) is 46.1 Å². The lowest BCUT2D eigenvalue weighted by molar-refractivity contribution is 0.438. The highest BCUT2D eigenvalue weighted by Gasteiger charge is 2.15. The van der Waals surface area contributed by atoms with E-state index in [9.17, 15) is 0 Å². The summed E-state index contributed by atoms with van der Waals surface area (Å²) in [4.78, 5) is 11.1. The SMILES string of the molecule is CCC(C)Nc1cc(Nc2ccc(N3CCC(C)CC3)cc2)ncn1. The summed E-state index contributed by atoms with van der Waals surface area (Å²) in [5.74, 6) is 2.51. The van der Waals surface area contributed by atoms with Crippen molar-refractivity contribution in [2.75, 3.05) is 28.6 Å². The zero-order valence-corrected chi connectivity index (χ0v) is 15.5. The van der Waals surface area contributed by atoms with Crippen LogP contribution in [0.2, 0.25) is 0 Å². The lowest BCUT2D eigenvalue weighted by atomic mass is 9.99. The van der Waals surface area contributed by atoms with Gasteiger partial charge < -0.3 is 15.5 Å². The molecule has 5 nitrogen and oxygen atoms in total. The summed E-state index contributed by atoms with van der Waals surface area (Å²) in [6, 6.07) is 11.0. The van der Waals surface area contributed by atoms with E-state index in [2.05, 4.69) is 70.5 Å². The van der Waals surface area contributed by atoms with Crippen LogP contribution in [0, 0.1) is 5.92 Å². The van der Waals surface area contributed by atoms with Crippen LogP contribution in [0.25, 0.3) is 0 Å². The molecular weight excluding hydrogens is 310 g/mol. The summed E-state index contributed by atoms with van der Waals surface area (Å²) >= 11 is 0. The summed E-state index contributed by atoms with van der Waals surface area (Å²) in [6.07, 6.45) is 5.22. The van der Waals surface area contributed by atoms with Gasteiger partial charge in [-0.1, -0.05) is 13.8 Å². The minimum atomic E-state index is 0.397. The molecule has 134 valence electrons. The van der Waals surface area contributed by atoms with Gasteiger partial charge in [-0.15, -0.1) is 0 Å². The van der Waals surface area contributed by atoms with Gasteiger partial charge in [0, 0.05) is 36.6 Å².